The predicted octanol–water partition coefficient (Wildman–Crippen LogP) is 2.60. The molecule has 1 saturated carbocycles. The second-order valence-corrected chi connectivity index (χ2v) is 9.70. The molecular formula is C15H17Cl2NO5S. The first-order chi connectivity index (χ1) is 11.1. The molecule has 2 aliphatic rings. The van der Waals surface area contributed by atoms with Crippen LogP contribution in [0.25, 0.3) is 0 Å². The maximum Gasteiger partial charge on any atom is 0.339 e. The summed E-state index contributed by atoms with van der Waals surface area (Å²) in [6.45, 7) is 2.47. The number of carboxylic acids is 1. The lowest BCUT2D eigenvalue weighted by atomic mass is 9.99. The number of benzene rings is 1. The van der Waals surface area contributed by atoms with Crippen molar-refractivity contribution in [2.45, 2.75) is 22.6 Å². The van der Waals surface area contributed by atoms with E-state index in [1.165, 1.54) is 23.5 Å². The first-order valence-corrected chi connectivity index (χ1v) is 9.54. The minimum atomic E-state index is -3.83. The van der Waals surface area contributed by atoms with Gasteiger partial charge in [0, 0.05) is 24.4 Å². The molecule has 0 aromatic heterocycles. The van der Waals surface area contributed by atoms with E-state index in [4.69, 9.17) is 27.9 Å². The number of hydrogen-bond donors (Lipinski definition) is 1. The molecule has 9 heteroatoms. The van der Waals surface area contributed by atoms with E-state index in [1.54, 1.807) is 0 Å². The zero-order valence-corrected chi connectivity index (χ0v) is 15.5. The minimum absolute atomic E-state index is 0.0836. The average Bonchev–Trinajstić information content (AvgIpc) is 2.98. The zero-order chi connectivity index (χ0) is 17.9. The number of carbonyl (C=O) groups is 1. The number of rotatable bonds is 4. The fourth-order valence-corrected chi connectivity index (χ4v) is 5.81. The number of alkyl halides is 2. The van der Waals surface area contributed by atoms with Gasteiger partial charge in [-0.2, -0.15) is 4.31 Å². The van der Waals surface area contributed by atoms with Gasteiger partial charge >= 0.3 is 5.97 Å². The molecule has 0 amide bonds. The van der Waals surface area contributed by atoms with Crippen LogP contribution in [-0.4, -0.2) is 48.3 Å². The highest BCUT2D eigenvalue weighted by molar-refractivity contribution is 7.89. The van der Waals surface area contributed by atoms with Gasteiger partial charge in [0.15, 0.2) is 0 Å². The molecule has 1 aliphatic carbocycles. The second-order valence-electron chi connectivity index (χ2n) is 6.37. The van der Waals surface area contributed by atoms with E-state index in [1.807, 2.05) is 6.92 Å². The molecule has 1 aromatic carbocycles. The number of ether oxygens (including phenoxy) is 1. The van der Waals surface area contributed by atoms with Gasteiger partial charge in [0.05, 0.1) is 12.0 Å². The maximum atomic E-state index is 12.8. The number of hydrogen-bond acceptors (Lipinski definition) is 4. The number of carboxylic acid groups (broad SMARTS) is 1. The molecule has 2 fully saturated rings. The van der Waals surface area contributed by atoms with Crippen molar-refractivity contribution in [3.05, 3.63) is 23.8 Å². The van der Waals surface area contributed by atoms with Crippen LogP contribution in [0.15, 0.2) is 23.1 Å². The lowest BCUT2D eigenvalue weighted by Crippen LogP contribution is -2.38. The van der Waals surface area contributed by atoms with E-state index < -0.39 is 20.3 Å². The largest absolute Gasteiger partial charge is 0.496 e. The molecular weight excluding hydrogens is 377 g/mol. The number of fused-ring (bicyclic) bond motifs is 1. The topological polar surface area (TPSA) is 83.9 Å². The Labute approximate surface area is 150 Å². The molecule has 0 radical (unpaired) electrons. The van der Waals surface area contributed by atoms with Crippen LogP contribution in [-0.2, 0) is 10.0 Å². The predicted molar refractivity (Wildman–Crippen MR) is 89.4 cm³/mol. The number of aromatic carboxylic acids is 1. The van der Waals surface area contributed by atoms with Crippen molar-refractivity contribution >= 4 is 39.2 Å². The molecule has 0 bridgehead atoms. The molecule has 1 aromatic rings. The Balaban J connectivity index is 1.92. The smallest absolute Gasteiger partial charge is 0.339 e. The second kappa shape index (κ2) is 5.49. The van der Waals surface area contributed by atoms with Gasteiger partial charge in [-0.05, 0) is 24.6 Å². The summed E-state index contributed by atoms with van der Waals surface area (Å²) < 4.78 is 31.1. The summed E-state index contributed by atoms with van der Waals surface area (Å²) in [5, 5.41) is 9.23. The van der Waals surface area contributed by atoms with Crippen molar-refractivity contribution in [3.8, 4) is 5.75 Å². The summed E-state index contributed by atoms with van der Waals surface area (Å²) in [6.07, 6.45) is 0.561. The Morgan fingerprint density at radius 3 is 2.62 bits per heavy atom. The van der Waals surface area contributed by atoms with Gasteiger partial charge in [0.2, 0.25) is 10.0 Å². The molecule has 2 atom stereocenters. The third kappa shape index (κ3) is 2.41. The maximum absolute atomic E-state index is 12.8. The zero-order valence-electron chi connectivity index (χ0n) is 13.1. The first kappa shape index (κ1) is 17.8. The Morgan fingerprint density at radius 1 is 1.42 bits per heavy atom. The average molecular weight is 394 g/mol. The number of nitrogens with zero attached hydrogens (tertiary/aromatic N) is 1. The van der Waals surface area contributed by atoms with E-state index >= 15 is 0 Å². The molecule has 2 unspecified atom stereocenters. The summed E-state index contributed by atoms with van der Waals surface area (Å²) in [7, 11) is -2.50. The molecule has 132 valence electrons. The lowest BCUT2D eigenvalue weighted by Gasteiger charge is -2.28. The standard InChI is InChI=1S/C15H17Cl2NO5S/c1-14-5-6-18(8-12(14)15(14,16)17)24(21,22)9-3-4-11(23-2)10(7-9)13(19)20/h3-4,7,12H,5-6,8H2,1-2H3,(H,19,20). The van der Waals surface area contributed by atoms with Crippen LogP contribution < -0.4 is 4.74 Å². The van der Waals surface area contributed by atoms with Crippen molar-refractivity contribution in [1.29, 1.82) is 0 Å². The first-order valence-electron chi connectivity index (χ1n) is 7.35. The van der Waals surface area contributed by atoms with Gasteiger partial charge in [0.1, 0.15) is 15.6 Å². The van der Waals surface area contributed by atoms with Crippen molar-refractivity contribution in [2.24, 2.45) is 11.3 Å². The van der Waals surface area contributed by atoms with Crippen LogP contribution in [0.1, 0.15) is 23.7 Å². The highest BCUT2D eigenvalue weighted by Gasteiger charge is 2.74. The van der Waals surface area contributed by atoms with Crippen molar-refractivity contribution in [3.63, 3.8) is 0 Å². The van der Waals surface area contributed by atoms with E-state index in [0.717, 1.165) is 6.07 Å². The summed E-state index contributed by atoms with van der Waals surface area (Å²) in [5.74, 6) is -1.28. The van der Waals surface area contributed by atoms with Crippen molar-refractivity contribution in [2.75, 3.05) is 20.2 Å². The summed E-state index contributed by atoms with van der Waals surface area (Å²) in [6, 6.07) is 3.80. The van der Waals surface area contributed by atoms with Gasteiger partial charge < -0.3 is 9.84 Å². The van der Waals surface area contributed by atoms with Gasteiger partial charge in [-0.15, -0.1) is 23.2 Å². The van der Waals surface area contributed by atoms with E-state index in [-0.39, 0.29) is 34.1 Å². The Bertz CT molecular complexity index is 810. The summed E-state index contributed by atoms with van der Waals surface area (Å²) in [4.78, 5) is 11.2. The molecule has 1 aliphatic heterocycles. The van der Waals surface area contributed by atoms with Gasteiger partial charge in [0.25, 0.3) is 0 Å². The highest BCUT2D eigenvalue weighted by Crippen LogP contribution is 2.72. The number of piperidine rings is 1. The van der Waals surface area contributed by atoms with E-state index in [2.05, 4.69) is 0 Å². The summed E-state index contributed by atoms with van der Waals surface area (Å²) in [5.41, 5.74) is -0.468. The minimum Gasteiger partial charge on any atom is -0.496 e. The molecule has 1 heterocycles. The lowest BCUT2D eigenvalue weighted by molar-refractivity contribution is 0.0693. The quantitative estimate of drug-likeness (QED) is 0.794. The Hall–Kier alpha value is -1.02. The highest BCUT2D eigenvalue weighted by atomic mass is 35.5. The number of methoxy groups -OCH3 is 1. The van der Waals surface area contributed by atoms with Crippen molar-refractivity contribution < 1.29 is 23.1 Å². The van der Waals surface area contributed by atoms with Crippen LogP contribution >= 0.6 is 23.2 Å². The molecule has 3 rings (SSSR count). The number of halogens is 2. The SMILES string of the molecule is COc1ccc(S(=O)(=O)N2CCC3(C)C(C2)C3(Cl)Cl)cc1C(=O)O. The van der Waals surface area contributed by atoms with Crippen LogP contribution in [0.3, 0.4) is 0 Å². The third-order valence-electron chi connectivity index (χ3n) is 5.19. The number of sulfonamides is 1. The van der Waals surface area contributed by atoms with Crippen LogP contribution in [0.2, 0.25) is 0 Å². The van der Waals surface area contributed by atoms with Crippen LogP contribution in [0.5, 0.6) is 5.75 Å². The van der Waals surface area contributed by atoms with Gasteiger partial charge in [-0.1, -0.05) is 6.92 Å². The van der Waals surface area contributed by atoms with Gasteiger partial charge in [-0.25, -0.2) is 13.2 Å². The van der Waals surface area contributed by atoms with Gasteiger partial charge in [-0.3, -0.25) is 0 Å². The van der Waals surface area contributed by atoms with E-state index in [0.29, 0.717) is 13.0 Å². The van der Waals surface area contributed by atoms with E-state index in [9.17, 15) is 18.3 Å². The third-order valence-corrected chi connectivity index (χ3v) is 8.44. The Morgan fingerprint density at radius 2 is 2.08 bits per heavy atom. The molecule has 0 spiro atoms. The summed E-state index contributed by atoms with van der Waals surface area (Å²) >= 11 is 12.5. The molecule has 6 nitrogen and oxygen atoms in total. The van der Waals surface area contributed by atoms with Crippen molar-refractivity contribution in [1.82, 2.24) is 4.31 Å². The molecule has 1 saturated heterocycles. The fraction of sp³-hybridized carbons (Fsp3) is 0.533. The van der Waals surface area contributed by atoms with Crippen LogP contribution in [0.4, 0.5) is 0 Å². The normalized spacial score (nSPS) is 28.9. The molecule has 24 heavy (non-hydrogen) atoms. The fourth-order valence-electron chi connectivity index (χ4n) is 3.37. The molecule has 1 N–H and O–H groups in total. The monoisotopic (exact) mass is 393 g/mol. The Kier molecular flexibility index (Phi) is 4.07. The van der Waals surface area contributed by atoms with Crippen LogP contribution in [0, 0.1) is 11.3 Å².